The lowest BCUT2D eigenvalue weighted by Crippen LogP contribution is -2.49. The number of hydrogen-bond acceptors (Lipinski definition) is 3. The molecule has 3 fully saturated rings. The normalized spacial score (nSPS) is 29.9. The van der Waals surface area contributed by atoms with E-state index in [1.165, 1.54) is 24.0 Å². The molecule has 138 valence electrons. The summed E-state index contributed by atoms with van der Waals surface area (Å²) in [7, 11) is 0. The lowest BCUT2D eigenvalue weighted by Gasteiger charge is -2.41. The van der Waals surface area contributed by atoms with Crippen molar-refractivity contribution in [2.75, 3.05) is 6.61 Å². The molecule has 5 nitrogen and oxygen atoms in total. The SMILES string of the molecule is C=C1N(C2CC(Oc3ccc(C)c4c3C3(CC3)CO4)C2)C(=O)NC1(C)C. The Morgan fingerprint density at radius 3 is 2.65 bits per heavy atom. The Morgan fingerprint density at radius 1 is 1.31 bits per heavy atom. The summed E-state index contributed by atoms with van der Waals surface area (Å²) in [6.07, 6.45) is 4.22. The summed E-state index contributed by atoms with van der Waals surface area (Å²) in [5.74, 6) is 2.01. The molecule has 1 spiro atoms. The second-order valence-corrected chi connectivity index (χ2v) is 8.89. The number of nitrogens with zero attached hydrogens (tertiary/aromatic N) is 1. The number of carbonyl (C=O) groups excluding carboxylic acids is 1. The van der Waals surface area contributed by atoms with Crippen LogP contribution in [0.25, 0.3) is 0 Å². The van der Waals surface area contributed by atoms with Crippen molar-refractivity contribution in [1.82, 2.24) is 10.2 Å². The number of aryl methyl sites for hydroxylation is 1. The van der Waals surface area contributed by atoms with Crippen molar-refractivity contribution in [1.29, 1.82) is 0 Å². The number of rotatable bonds is 3. The van der Waals surface area contributed by atoms with Gasteiger partial charge in [0.15, 0.2) is 0 Å². The highest BCUT2D eigenvalue weighted by Gasteiger charge is 2.54. The highest BCUT2D eigenvalue weighted by Crippen LogP contribution is 2.59. The highest BCUT2D eigenvalue weighted by atomic mass is 16.5. The summed E-state index contributed by atoms with van der Waals surface area (Å²) >= 11 is 0. The lowest BCUT2D eigenvalue weighted by atomic mass is 9.86. The average Bonchev–Trinajstić information content (AvgIpc) is 3.15. The summed E-state index contributed by atoms with van der Waals surface area (Å²) < 4.78 is 12.3. The molecular weight excluding hydrogens is 328 g/mol. The average molecular weight is 354 g/mol. The van der Waals surface area contributed by atoms with E-state index in [2.05, 4.69) is 31.0 Å². The first-order chi connectivity index (χ1) is 12.3. The Bertz CT molecular complexity index is 819. The van der Waals surface area contributed by atoms with Crippen LogP contribution in [0, 0.1) is 6.92 Å². The minimum Gasteiger partial charge on any atom is -0.492 e. The fraction of sp³-hybridized carbons (Fsp3) is 0.571. The summed E-state index contributed by atoms with van der Waals surface area (Å²) in [5.41, 5.74) is 3.16. The van der Waals surface area contributed by atoms with Gasteiger partial charge in [0.25, 0.3) is 0 Å². The van der Waals surface area contributed by atoms with Crippen molar-refractivity contribution in [3.05, 3.63) is 35.5 Å². The molecule has 1 aromatic carbocycles. The molecule has 5 rings (SSSR count). The molecule has 2 aliphatic heterocycles. The Labute approximate surface area is 154 Å². The van der Waals surface area contributed by atoms with E-state index in [0.717, 1.165) is 36.6 Å². The van der Waals surface area contributed by atoms with Gasteiger partial charge in [-0.25, -0.2) is 4.79 Å². The van der Waals surface area contributed by atoms with Gasteiger partial charge in [0.2, 0.25) is 0 Å². The van der Waals surface area contributed by atoms with Crippen LogP contribution in [0.15, 0.2) is 24.4 Å². The largest absolute Gasteiger partial charge is 0.492 e. The van der Waals surface area contributed by atoms with Crippen LogP contribution in [0.4, 0.5) is 4.79 Å². The zero-order chi connectivity index (χ0) is 18.3. The van der Waals surface area contributed by atoms with Crippen molar-refractivity contribution in [3.63, 3.8) is 0 Å². The number of hydrogen-bond donors (Lipinski definition) is 1. The monoisotopic (exact) mass is 354 g/mol. The zero-order valence-electron chi connectivity index (χ0n) is 15.7. The van der Waals surface area contributed by atoms with Gasteiger partial charge >= 0.3 is 6.03 Å². The summed E-state index contributed by atoms with van der Waals surface area (Å²) in [4.78, 5) is 14.1. The van der Waals surface area contributed by atoms with Gasteiger partial charge in [-0.2, -0.15) is 0 Å². The summed E-state index contributed by atoms with van der Waals surface area (Å²) in [6.45, 7) is 11.0. The number of benzene rings is 1. The topological polar surface area (TPSA) is 50.8 Å². The molecule has 2 heterocycles. The Balaban J connectivity index is 1.30. The zero-order valence-corrected chi connectivity index (χ0v) is 15.7. The summed E-state index contributed by atoms with van der Waals surface area (Å²) in [6, 6.07) is 4.33. The fourth-order valence-electron chi connectivity index (χ4n) is 4.52. The van der Waals surface area contributed by atoms with Gasteiger partial charge in [-0.05, 0) is 45.2 Å². The number of carbonyl (C=O) groups is 1. The van der Waals surface area contributed by atoms with Gasteiger partial charge in [-0.1, -0.05) is 12.6 Å². The maximum atomic E-state index is 12.3. The molecule has 0 bridgehead atoms. The van der Waals surface area contributed by atoms with Crippen LogP contribution in [-0.4, -0.2) is 35.2 Å². The molecule has 26 heavy (non-hydrogen) atoms. The Kier molecular flexibility index (Phi) is 3.06. The maximum Gasteiger partial charge on any atom is 0.322 e. The molecule has 0 aromatic heterocycles. The van der Waals surface area contributed by atoms with Crippen LogP contribution in [-0.2, 0) is 5.41 Å². The number of nitrogens with one attached hydrogen (secondary N) is 1. The van der Waals surface area contributed by atoms with Crippen molar-refractivity contribution in [2.45, 2.75) is 69.6 Å². The molecule has 0 atom stereocenters. The van der Waals surface area contributed by atoms with Crippen molar-refractivity contribution < 1.29 is 14.3 Å². The highest BCUT2D eigenvalue weighted by molar-refractivity contribution is 5.82. The molecule has 4 aliphatic rings. The van der Waals surface area contributed by atoms with Gasteiger partial charge in [-0.3, -0.25) is 4.90 Å². The van der Waals surface area contributed by atoms with Gasteiger partial charge < -0.3 is 14.8 Å². The second kappa shape index (κ2) is 4.96. The molecule has 2 amide bonds. The molecule has 1 aromatic rings. The minimum absolute atomic E-state index is 0.0370. The Morgan fingerprint density at radius 2 is 2.04 bits per heavy atom. The van der Waals surface area contributed by atoms with E-state index in [0.29, 0.717) is 0 Å². The van der Waals surface area contributed by atoms with Gasteiger partial charge in [0.1, 0.15) is 17.6 Å². The first-order valence-corrected chi connectivity index (χ1v) is 9.55. The first-order valence-electron chi connectivity index (χ1n) is 9.55. The summed E-state index contributed by atoms with van der Waals surface area (Å²) in [5, 5.41) is 3.00. The predicted molar refractivity (Wildman–Crippen MR) is 98.6 cm³/mol. The van der Waals surface area contributed by atoms with Crippen LogP contribution < -0.4 is 14.8 Å². The van der Waals surface area contributed by atoms with E-state index in [1.54, 1.807) is 0 Å². The number of ether oxygens (including phenoxy) is 2. The predicted octanol–water partition coefficient (Wildman–Crippen LogP) is 3.65. The third kappa shape index (κ3) is 2.12. The van der Waals surface area contributed by atoms with E-state index in [-0.39, 0.29) is 29.1 Å². The number of amides is 2. The van der Waals surface area contributed by atoms with Gasteiger partial charge in [0, 0.05) is 35.6 Å². The molecule has 2 saturated carbocycles. The molecule has 0 radical (unpaired) electrons. The first kappa shape index (κ1) is 16.0. The number of urea groups is 1. The Hall–Kier alpha value is -2.17. The van der Waals surface area contributed by atoms with Crippen molar-refractivity contribution >= 4 is 6.03 Å². The van der Waals surface area contributed by atoms with Crippen LogP contribution in [0.2, 0.25) is 0 Å². The smallest absolute Gasteiger partial charge is 0.322 e. The van der Waals surface area contributed by atoms with E-state index in [1.807, 2.05) is 18.7 Å². The quantitative estimate of drug-likeness (QED) is 0.901. The fourth-order valence-corrected chi connectivity index (χ4v) is 4.52. The third-order valence-electron chi connectivity index (χ3n) is 6.57. The van der Waals surface area contributed by atoms with E-state index < -0.39 is 0 Å². The van der Waals surface area contributed by atoms with E-state index in [9.17, 15) is 4.79 Å². The van der Waals surface area contributed by atoms with Crippen molar-refractivity contribution in [3.8, 4) is 11.5 Å². The van der Waals surface area contributed by atoms with Crippen LogP contribution in [0.5, 0.6) is 11.5 Å². The minimum atomic E-state index is -0.365. The maximum absolute atomic E-state index is 12.3. The molecule has 0 unspecified atom stereocenters. The van der Waals surface area contributed by atoms with Crippen LogP contribution in [0.3, 0.4) is 0 Å². The molecular formula is C21H26N2O3. The molecule has 1 N–H and O–H groups in total. The second-order valence-electron chi connectivity index (χ2n) is 8.89. The molecule has 1 saturated heterocycles. The van der Waals surface area contributed by atoms with Crippen molar-refractivity contribution in [2.24, 2.45) is 0 Å². The van der Waals surface area contributed by atoms with Gasteiger partial charge in [0.05, 0.1) is 12.1 Å². The van der Waals surface area contributed by atoms with E-state index >= 15 is 0 Å². The standard InChI is InChI=1S/C21H26N2O3/c1-12-5-6-16(17-18(12)25-11-21(17)7-8-21)26-15-9-14(10-15)23-13(2)20(3,4)22-19(23)24/h5-6,14-15H,2,7-11H2,1,3-4H3,(H,22,24). The van der Waals surface area contributed by atoms with Crippen LogP contribution in [0.1, 0.15) is 50.7 Å². The van der Waals surface area contributed by atoms with Crippen LogP contribution >= 0.6 is 0 Å². The third-order valence-corrected chi connectivity index (χ3v) is 6.57. The molecule has 2 aliphatic carbocycles. The molecule has 5 heteroatoms. The lowest BCUT2D eigenvalue weighted by molar-refractivity contribution is 0.0493. The van der Waals surface area contributed by atoms with E-state index in [4.69, 9.17) is 9.47 Å². The number of fused-ring (bicyclic) bond motifs is 2. The van der Waals surface area contributed by atoms with Gasteiger partial charge in [-0.15, -0.1) is 0 Å².